The average molecular weight is 284 g/mol. The fourth-order valence-corrected chi connectivity index (χ4v) is 1.78. The van der Waals surface area contributed by atoms with Crippen molar-refractivity contribution in [2.24, 2.45) is 0 Å². The van der Waals surface area contributed by atoms with E-state index in [0.29, 0.717) is 0 Å². The number of carbonyl (C=O) groups excluding carboxylic acids is 1. The van der Waals surface area contributed by atoms with Crippen LogP contribution in [0.15, 0.2) is 18.2 Å². The number of amides is 1. The maximum atomic E-state index is 12.3. The third-order valence-corrected chi connectivity index (χ3v) is 2.65. The Labute approximate surface area is 115 Å². The highest BCUT2D eigenvalue weighted by atomic mass is 16.6. The molecular weight excluding hydrogens is 268 g/mol. The highest BCUT2D eigenvalue weighted by Gasteiger charge is 2.25. The first-order chi connectivity index (χ1) is 9.56. The third kappa shape index (κ3) is 3.43. The molecule has 0 fully saturated rings. The molecular formula is C12H16N2O6. The van der Waals surface area contributed by atoms with Crippen molar-refractivity contribution in [3.63, 3.8) is 0 Å². The number of nitro benzene ring substituents is 1. The van der Waals surface area contributed by atoms with Gasteiger partial charge in [-0.05, 0) is 6.07 Å². The fraction of sp³-hybridized carbons (Fsp3) is 0.417. The summed E-state index contributed by atoms with van der Waals surface area (Å²) in [5.74, 6) is -0.683. The summed E-state index contributed by atoms with van der Waals surface area (Å²) in [4.78, 5) is 23.7. The second-order valence-corrected chi connectivity index (χ2v) is 3.85. The molecule has 0 aliphatic heterocycles. The van der Waals surface area contributed by atoms with Crippen LogP contribution in [0, 0.1) is 10.1 Å². The van der Waals surface area contributed by atoms with Gasteiger partial charge in [-0.25, -0.2) is 0 Å². The first-order valence-corrected chi connectivity index (χ1v) is 5.89. The zero-order valence-electron chi connectivity index (χ0n) is 11.0. The number of methoxy groups -OCH3 is 1. The highest BCUT2D eigenvalue weighted by molar-refractivity contribution is 5.98. The Morgan fingerprint density at radius 3 is 2.40 bits per heavy atom. The van der Waals surface area contributed by atoms with Crippen LogP contribution >= 0.6 is 0 Å². The number of nitro groups is 1. The van der Waals surface area contributed by atoms with E-state index < -0.39 is 10.8 Å². The molecule has 1 amide bonds. The monoisotopic (exact) mass is 284 g/mol. The molecule has 0 bridgehead atoms. The summed E-state index contributed by atoms with van der Waals surface area (Å²) in [7, 11) is 1.24. The Balaban J connectivity index is 3.20. The van der Waals surface area contributed by atoms with Crippen LogP contribution in [0.25, 0.3) is 0 Å². The molecule has 0 aromatic heterocycles. The number of para-hydroxylation sites is 1. The van der Waals surface area contributed by atoms with Crippen LogP contribution in [0.3, 0.4) is 0 Å². The van der Waals surface area contributed by atoms with E-state index >= 15 is 0 Å². The zero-order valence-corrected chi connectivity index (χ0v) is 11.0. The van der Waals surface area contributed by atoms with E-state index in [2.05, 4.69) is 0 Å². The SMILES string of the molecule is COc1c(C(=O)N(CCO)CCO)cccc1[N+](=O)[O-]. The summed E-state index contributed by atoms with van der Waals surface area (Å²) >= 11 is 0. The molecule has 0 radical (unpaired) electrons. The Kier molecular flexibility index (Phi) is 5.88. The molecule has 0 aliphatic rings. The average Bonchev–Trinajstić information content (AvgIpc) is 2.45. The van der Waals surface area contributed by atoms with E-state index in [0.717, 1.165) is 0 Å². The van der Waals surface area contributed by atoms with Crippen LogP contribution in [0.1, 0.15) is 10.4 Å². The van der Waals surface area contributed by atoms with Gasteiger partial charge in [-0.15, -0.1) is 0 Å². The van der Waals surface area contributed by atoms with Crippen LogP contribution in [-0.2, 0) is 0 Å². The van der Waals surface area contributed by atoms with Gasteiger partial charge in [-0.1, -0.05) is 6.07 Å². The van der Waals surface area contributed by atoms with E-state index in [1.807, 2.05) is 0 Å². The van der Waals surface area contributed by atoms with Crippen molar-refractivity contribution < 1.29 is 24.7 Å². The highest BCUT2D eigenvalue weighted by Crippen LogP contribution is 2.31. The van der Waals surface area contributed by atoms with Gasteiger partial charge >= 0.3 is 5.69 Å². The molecule has 20 heavy (non-hydrogen) atoms. The van der Waals surface area contributed by atoms with Crippen molar-refractivity contribution in [3.05, 3.63) is 33.9 Å². The zero-order chi connectivity index (χ0) is 15.1. The lowest BCUT2D eigenvalue weighted by Gasteiger charge is -2.21. The van der Waals surface area contributed by atoms with Crippen LogP contribution in [0.5, 0.6) is 5.75 Å². The Morgan fingerprint density at radius 1 is 1.35 bits per heavy atom. The third-order valence-electron chi connectivity index (χ3n) is 2.65. The predicted molar refractivity (Wildman–Crippen MR) is 69.7 cm³/mol. The molecule has 0 saturated heterocycles. The lowest BCUT2D eigenvalue weighted by atomic mass is 10.1. The van der Waals surface area contributed by atoms with E-state index in [-0.39, 0.29) is 43.3 Å². The lowest BCUT2D eigenvalue weighted by Crippen LogP contribution is -2.36. The molecule has 0 aliphatic carbocycles. The van der Waals surface area contributed by atoms with Gasteiger partial charge < -0.3 is 19.8 Å². The van der Waals surface area contributed by atoms with Crippen molar-refractivity contribution in [1.29, 1.82) is 0 Å². The van der Waals surface area contributed by atoms with Crippen molar-refractivity contribution in [3.8, 4) is 5.75 Å². The molecule has 110 valence electrons. The van der Waals surface area contributed by atoms with Gasteiger partial charge in [0.15, 0.2) is 0 Å². The quantitative estimate of drug-likeness (QED) is 0.539. The van der Waals surface area contributed by atoms with Gasteiger partial charge in [0.25, 0.3) is 5.91 Å². The van der Waals surface area contributed by atoms with Gasteiger partial charge in [0.1, 0.15) is 0 Å². The van der Waals surface area contributed by atoms with Crippen molar-refractivity contribution in [2.45, 2.75) is 0 Å². The predicted octanol–water partition coefficient (Wildman–Crippen LogP) is 0.0302. The van der Waals surface area contributed by atoms with Crippen molar-refractivity contribution in [1.82, 2.24) is 4.90 Å². The minimum Gasteiger partial charge on any atom is -0.490 e. The number of hydrogen-bond donors (Lipinski definition) is 2. The number of ether oxygens (including phenoxy) is 1. The van der Waals surface area contributed by atoms with E-state index in [1.165, 1.54) is 30.2 Å². The van der Waals surface area contributed by atoms with E-state index in [4.69, 9.17) is 14.9 Å². The van der Waals surface area contributed by atoms with Gasteiger partial charge in [0.05, 0.1) is 30.8 Å². The topological polar surface area (TPSA) is 113 Å². The molecule has 0 saturated carbocycles. The van der Waals surface area contributed by atoms with E-state index in [9.17, 15) is 14.9 Å². The number of nitrogens with zero attached hydrogens (tertiary/aromatic N) is 2. The van der Waals surface area contributed by atoms with Crippen molar-refractivity contribution in [2.75, 3.05) is 33.4 Å². The number of benzene rings is 1. The molecule has 0 atom stereocenters. The summed E-state index contributed by atoms with van der Waals surface area (Å²) in [6.07, 6.45) is 0. The van der Waals surface area contributed by atoms with E-state index in [1.54, 1.807) is 0 Å². The normalized spacial score (nSPS) is 10.2. The summed E-state index contributed by atoms with van der Waals surface area (Å²) in [6.45, 7) is -0.511. The lowest BCUT2D eigenvalue weighted by molar-refractivity contribution is -0.385. The Hall–Kier alpha value is -2.19. The molecule has 1 aromatic rings. The molecule has 0 unspecified atom stereocenters. The molecule has 1 rings (SSSR count). The number of rotatable bonds is 7. The maximum Gasteiger partial charge on any atom is 0.311 e. The number of hydrogen-bond acceptors (Lipinski definition) is 6. The first-order valence-electron chi connectivity index (χ1n) is 5.89. The summed E-state index contributed by atoms with van der Waals surface area (Å²) < 4.78 is 4.95. The fourth-order valence-electron chi connectivity index (χ4n) is 1.78. The van der Waals surface area contributed by atoms with Gasteiger partial charge in [0, 0.05) is 19.2 Å². The Bertz CT molecular complexity index is 485. The summed E-state index contributed by atoms with van der Waals surface area (Å²) in [5, 5.41) is 28.7. The molecule has 8 nitrogen and oxygen atoms in total. The van der Waals surface area contributed by atoms with Crippen LogP contribution in [-0.4, -0.2) is 59.4 Å². The molecule has 0 heterocycles. The first kappa shape index (κ1) is 15.9. The van der Waals surface area contributed by atoms with Crippen molar-refractivity contribution >= 4 is 11.6 Å². The largest absolute Gasteiger partial charge is 0.490 e. The van der Waals surface area contributed by atoms with Crippen LogP contribution < -0.4 is 4.74 Å². The van der Waals surface area contributed by atoms with Crippen LogP contribution in [0.2, 0.25) is 0 Å². The molecule has 1 aromatic carbocycles. The minimum absolute atomic E-state index is 0.0172. The summed E-state index contributed by atoms with van der Waals surface area (Å²) in [5.41, 5.74) is -0.296. The van der Waals surface area contributed by atoms with Crippen LogP contribution in [0.4, 0.5) is 5.69 Å². The van der Waals surface area contributed by atoms with Gasteiger partial charge in [-0.2, -0.15) is 0 Å². The molecule has 0 spiro atoms. The minimum atomic E-state index is -0.641. The summed E-state index contributed by atoms with van der Waals surface area (Å²) in [6, 6.07) is 4.01. The number of aliphatic hydroxyl groups excluding tert-OH is 2. The Morgan fingerprint density at radius 2 is 1.95 bits per heavy atom. The second-order valence-electron chi connectivity index (χ2n) is 3.85. The second kappa shape index (κ2) is 7.41. The molecule has 2 N–H and O–H groups in total. The number of carbonyl (C=O) groups is 1. The smallest absolute Gasteiger partial charge is 0.311 e. The maximum absolute atomic E-state index is 12.3. The standard InChI is InChI=1S/C12H16N2O6/c1-20-11-9(3-2-4-10(11)14(18)19)12(17)13(5-7-15)6-8-16/h2-4,15-16H,5-8H2,1H3. The number of aliphatic hydroxyl groups is 2. The van der Waals surface area contributed by atoms with Gasteiger partial charge in [0.2, 0.25) is 5.75 Å². The van der Waals surface area contributed by atoms with Gasteiger partial charge in [-0.3, -0.25) is 14.9 Å². The molecule has 8 heteroatoms.